The van der Waals surface area contributed by atoms with Gasteiger partial charge in [-0.3, -0.25) is 4.68 Å². The second-order valence-electron chi connectivity index (χ2n) is 4.33. The number of rotatable bonds is 3. The molecule has 3 nitrogen and oxygen atoms in total. The number of nitrogens with zero attached hydrogens (tertiary/aromatic N) is 2. The third-order valence-electron chi connectivity index (χ3n) is 2.74. The SMILES string of the molecule is OCCC#Cc1ccccc1Cn1ccc(C(F)(F)F)n1. The number of benzene rings is 1. The van der Waals surface area contributed by atoms with Crippen LogP contribution in [-0.4, -0.2) is 21.5 Å². The van der Waals surface area contributed by atoms with Gasteiger partial charge in [-0.05, 0) is 17.7 Å². The van der Waals surface area contributed by atoms with Crippen LogP contribution in [0.25, 0.3) is 0 Å². The van der Waals surface area contributed by atoms with E-state index in [1.165, 1.54) is 10.9 Å². The molecule has 6 heteroatoms. The molecule has 1 N–H and O–H groups in total. The minimum absolute atomic E-state index is 0.0245. The number of aliphatic hydroxyl groups is 1. The van der Waals surface area contributed by atoms with E-state index in [0.29, 0.717) is 6.42 Å². The second kappa shape index (κ2) is 6.46. The van der Waals surface area contributed by atoms with Gasteiger partial charge in [0.2, 0.25) is 0 Å². The summed E-state index contributed by atoms with van der Waals surface area (Å²) in [6.07, 6.45) is -2.79. The molecule has 0 spiro atoms. The lowest BCUT2D eigenvalue weighted by Crippen LogP contribution is -2.09. The maximum atomic E-state index is 12.5. The van der Waals surface area contributed by atoms with Crippen LogP contribution in [0, 0.1) is 11.8 Å². The van der Waals surface area contributed by atoms with Gasteiger partial charge in [0.15, 0.2) is 5.69 Å². The Bertz CT molecular complexity index is 665. The molecule has 0 saturated carbocycles. The van der Waals surface area contributed by atoms with Crippen molar-refractivity contribution in [2.75, 3.05) is 6.61 Å². The Kier molecular flexibility index (Phi) is 4.66. The number of hydrogen-bond acceptors (Lipinski definition) is 2. The van der Waals surface area contributed by atoms with Crippen molar-refractivity contribution in [1.29, 1.82) is 0 Å². The summed E-state index contributed by atoms with van der Waals surface area (Å²) < 4.78 is 38.7. The summed E-state index contributed by atoms with van der Waals surface area (Å²) in [4.78, 5) is 0. The topological polar surface area (TPSA) is 38.0 Å². The van der Waals surface area contributed by atoms with E-state index in [0.717, 1.165) is 17.2 Å². The fourth-order valence-electron chi connectivity index (χ4n) is 1.77. The molecule has 0 bridgehead atoms. The van der Waals surface area contributed by atoms with Crippen molar-refractivity contribution in [1.82, 2.24) is 9.78 Å². The molecule has 0 aliphatic rings. The van der Waals surface area contributed by atoms with Gasteiger partial charge in [0.1, 0.15) is 0 Å². The minimum Gasteiger partial charge on any atom is -0.395 e. The van der Waals surface area contributed by atoms with Crippen molar-refractivity contribution < 1.29 is 18.3 Å². The molecule has 110 valence electrons. The van der Waals surface area contributed by atoms with Gasteiger partial charge in [-0.1, -0.05) is 30.0 Å². The predicted octanol–water partition coefficient (Wildman–Crippen LogP) is 2.68. The molecule has 0 radical (unpaired) electrons. The lowest BCUT2D eigenvalue weighted by Gasteiger charge is -2.05. The third kappa shape index (κ3) is 4.10. The van der Waals surface area contributed by atoms with Crippen molar-refractivity contribution in [2.45, 2.75) is 19.1 Å². The highest BCUT2D eigenvalue weighted by Gasteiger charge is 2.33. The minimum atomic E-state index is -4.44. The highest BCUT2D eigenvalue weighted by Crippen LogP contribution is 2.27. The van der Waals surface area contributed by atoms with Gasteiger partial charge in [0, 0.05) is 18.2 Å². The van der Waals surface area contributed by atoms with Crippen molar-refractivity contribution in [2.24, 2.45) is 0 Å². The Morgan fingerprint density at radius 3 is 2.62 bits per heavy atom. The van der Waals surface area contributed by atoms with E-state index in [4.69, 9.17) is 5.11 Å². The maximum Gasteiger partial charge on any atom is 0.435 e. The van der Waals surface area contributed by atoms with Crippen LogP contribution in [0.5, 0.6) is 0 Å². The summed E-state index contributed by atoms with van der Waals surface area (Å²) in [7, 11) is 0. The molecule has 0 fully saturated rings. The average molecular weight is 294 g/mol. The molecule has 0 saturated heterocycles. The first-order valence-corrected chi connectivity index (χ1v) is 6.29. The predicted molar refractivity (Wildman–Crippen MR) is 71.4 cm³/mol. The van der Waals surface area contributed by atoms with Crippen molar-refractivity contribution in [3.63, 3.8) is 0 Å². The van der Waals surface area contributed by atoms with Gasteiger partial charge in [0.05, 0.1) is 13.2 Å². The Balaban J connectivity index is 2.20. The molecule has 1 aromatic heterocycles. The van der Waals surface area contributed by atoms with Crippen molar-refractivity contribution in [3.05, 3.63) is 53.3 Å². The summed E-state index contributed by atoms with van der Waals surface area (Å²) in [5, 5.41) is 12.2. The lowest BCUT2D eigenvalue weighted by atomic mass is 10.1. The zero-order chi connectivity index (χ0) is 15.3. The molecule has 2 aromatic rings. The summed E-state index contributed by atoms with van der Waals surface area (Å²) in [5.74, 6) is 5.70. The molecule has 0 amide bonds. The van der Waals surface area contributed by atoms with E-state index in [-0.39, 0.29) is 13.2 Å². The van der Waals surface area contributed by atoms with Crippen LogP contribution >= 0.6 is 0 Å². The van der Waals surface area contributed by atoms with Gasteiger partial charge in [-0.25, -0.2) is 0 Å². The molecule has 2 rings (SSSR count). The van der Waals surface area contributed by atoms with E-state index in [9.17, 15) is 13.2 Å². The summed E-state index contributed by atoms with van der Waals surface area (Å²) in [5.41, 5.74) is 0.584. The number of hydrogen-bond donors (Lipinski definition) is 1. The molecule has 1 aromatic carbocycles. The number of alkyl halides is 3. The Hall–Kier alpha value is -2.26. The molecular formula is C15H13F3N2O. The highest BCUT2D eigenvalue weighted by molar-refractivity contribution is 5.41. The molecule has 0 aliphatic carbocycles. The highest BCUT2D eigenvalue weighted by atomic mass is 19.4. The van der Waals surface area contributed by atoms with Crippen LogP contribution in [-0.2, 0) is 12.7 Å². The van der Waals surface area contributed by atoms with Crippen molar-refractivity contribution >= 4 is 0 Å². The Morgan fingerprint density at radius 2 is 1.95 bits per heavy atom. The van der Waals surface area contributed by atoms with E-state index in [2.05, 4.69) is 16.9 Å². The fourth-order valence-corrected chi connectivity index (χ4v) is 1.77. The summed E-state index contributed by atoms with van der Waals surface area (Å²) in [6.45, 7) is 0.184. The van der Waals surface area contributed by atoms with Gasteiger partial charge in [0.25, 0.3) is 0 Å². The maximum absolute atomic E-state index is 12.5. The van der Waals surface area contributed by atoms with Gasteiger partial charge in [-0.15, -0.1) is 0 Å². The average Bonchev–Trinajstić information content (AvgIpc) is 2.89. The van der Waals surface area contributed by atoms with Crippen molar-refractivity contribution in [3.8, 4) is 11.8 Å². The second-order valence-corrected chi connectivity index (χ2v) is 4.33. The largest absolute Gasteiger partial charge is 0.435 e. The first-order valence-electron chi connectivity index (χ1n) is 6.29. The molecule has 0 aliphatic heterocycles. The van der Waals surface area contributed by atoms with Crippen LogP contribution in [0.15, 0.2) is 36.5 Å². The number of halogens is 3. The molecule has 21 heavy (non-hydrogen) atoms. The first kappa shape index (κ1) is 15.1. The van der Waals surface area contributed by atoms with Crippen LogP contribution in [0.1, 0.15) is 23.2 Å². The van der Waals surface area contributed by atoms with Gasteiger partial charge < -0.3 is 5.11 Å². The normalized spacial score (nSPS) is 11.0. The molecular weight excluding hydrogens is 281 g/mol. The van der Waals surface area contributed by atoms with E-state index >= 15 is 0 Å². The monoisotopic (exact) mass is 294 g/mol. The van der Waals surface area contributed by atoms with E-state index in [1.807, 2.05) is 0 Å². The van der Waals surface area contributed by atoms with Crippen LogP contribution < -0.4 is 0 Å². The molecule has 1 heterocycles. The zero-order valence-electron chi connectivity index (χ0n) is 11.1. The van der Waals surface area contributed by atoms with E-state index < -0.39 is 11.9 Å². The Morgan fingerprint density at radius 1 is 1.19 bits per heavy atom. The number of aromatic nitrogens is 2. The molecule has 0 unspecified atom stereocenters. The van der Waals surface area contributed by atoms with E-state index in [1.54, 1.807) is 24.3 Å². The lowest BCUT2D eigenvalue weighted by molar-refractivity contribution is -0.141. The zero-order valence-corrected chi connectivity index (χ0v) is 11.1. The third-order valence-corrected chi connectivity index (χ3v) is 2.74. The van der Waals surface area contributed by atoms with Crippen LogP contribution in [0.3, 0.4) is 0 Å². The summed E-state index contributed by atoms with van der Waals surface area (Å²) >= 11 is 0. The Labute approximate surface area is 120 Å². The smallest absolute Gasteiger partial charge is 0.395 e. The standard InChI is InChI=1S/C15H13F3N2O/c16-15(17,18)14-8-9-20(19-14)11-13-7-2-1-5-12(13)6-3-4-10-21/h1-2,5,7-9,21H,4,10-11H2. The molecule has 0 atom stereocenters. The van der Waals surface area contributed by atoms with Crippen LogP contribution in [0.4, 0.5) is 13.2 Å². The van der Waals surface area contributed by atoms with Gasteiger partial charge in [-0.2, -0.15) is 18.3 Å². The summed E-state index contributed by atoms with van der Waals surface area (Å²) in [6, 6.07) is 8.11. The number of aliphatic hydroxyl groups excluding tert-OH is 1. The first-order chi connectivity index (χ1) is 10.0. The quantitative estimate of drug-likeness (QED) is 0.884. The fraction of sp³-hybridized carbons (Fsp3) is 0.267. The van der Waals surface area contributed by atoms with Crippen LogP contribution in [0.2, 0.25) is 0 Å². The van der Waals surface area contributed by atoms with Gasteiger partial charge >= 0.3 is 6.18 Å².